The molecule has 0 bridgehead atoms. The maximum absolute atomic E-state index is 13.7. The zero-order chi connectivity index (χ0) is 34.9. The summed E-state index contributed by atoms with van der Waals surface area (Å²) in [6, 6.07) is 40.8. The summed E-state index contributed by atoms with van der Waals surface area (Å²) in [6.45, 7) is 2.77. The number of aryl methyl sites for hydroxylation is 1. The van der Waals surface area contributed by atoms with E-state index in [9.17, 15) is 18.4 Å². The van der Waals surface area contributed by atoms with Crippen LogP contribution in [0.4, 0.5) is 14.5 Å². The van der Waals surface area contributed by atoms with Gasteiger partial charge in [0.1, 0.15) is 6.04 Å². The fourth-order valence-corrected chi connectivity index (χ4v) is 6.71. The number of anilines is 1. The fourth-order valence-electron chi connectivity index (χ4n) is 6.71. The van der Waals surface area contributed by atoms with Gasteiger partial charge in [0, 0.05) is 23.7 Å². The van der Waals surface area contributed by atoms with Crippen molar-refractivity contribution in [3.05, 3.63) is 161 Å². The Morgan fingerprint density at radius 2 is 1.42 bits per heavy atom. The number of esters is 1. The highest BCUT2D eigenvalue weighted by Gasteiger charge is 2.32. The van der Waals surface area contributed by atoms with Gasteiger partial charge in [-0.2, -0.15) is 0 Å². The van der Waals surface area contributed by atoms with E-state index >= 15 is 0 Å². The molecule has 256 valence electrons. The number of nitrogens with zero attached hydrogens (tertiary/aromatic N) is 1. The van der Waals surface area contributed by atoms with E-state index in [1.54, 1.807) is 24.3 Å². The van der Waals surface area contributed by atoms with Crippen LogP contribution < -0.4 is 5.32 Å². The summed E-state index contributed by atoms with van der Waals surface area (Å²) in [5.41, 5.74) is 5.79. The summed E-state index contributed by atoms with van der Waals surface area (Å²) in [7, 11) is 0. The number of ether oxygens (including phenoxy) is 1. The van der Waals surface area contributed by atoms with Crippen LogP contribution in [0, 0.1) is 0 Å². The van der Waals surface area contributed by atoms with Gasteiger partial charge in [-0.1, -0.05) is 115 Å². The van der Waals surface area contributed by atoms with Crippen LogP contribution in [0.2, 0.25) is 0 Å². The van der Waals surface area contributed by atoms with Gasteiger partial charge in [-0.3, -0.25) is 9.69 Å². The van der Waals surface area contributed by atoms with Crippen LogP contribution in [0.25, 0.3) is 11.1 Å². The minimum atomic E-state index is -2.93. The molecule has 1 unspecified atom stereocenters. The van der Waals surface area contributed by atoms with E-state index in [1.165, 1.54) is 23.3 Å². The molecule has 0 saturated carbocycles. The van der Waals surface area contributed by atoms with E-state index in [-0.39, 0.29) is 17.4 Å². The first-order chi connectivity index (χ1) is 24.3. The van der Waals surface area contributed by atoms with Gasteiger partial charge in [0.25, 0.3) is 11.8 Å². The van der Waals surface area contributed by atoms with Gasteiger partial charge in [-0.15, -0.1) is 0 Å². The summed E-state index contributed by atoms with van der Waals surface area (Å²) in [5.74, 6) is -3.08. The quantitative estimate of drug-likeness (QED) is 0.106. The Morgan fingerprint density at radius 3 is 2.08 bits per heavy atom. The number of benzene rings is 5. The van der Waals surface area contributed by atoms with Crippen molar-refractivity contribution in [2.75, 3.05) is 25.0 Å². The standard InChI is InChI=1S/C43H42F2N2O3/c1-43(44,45)36-22-18-34(19-23-36)38-16-8-9-17-39(38)41(48)46-37-24-20-32(21-25-37)33-26-28-47(29-27-33)40(35-14-6-3-7-15-35)42(49)50-30-10-13-31-11-4-2-5-12-31/h2-9,11-12,14-25,33,40H,10,13,26-30H2,1H3,(H,46,48). The Labute approximate surface area is 292 Å². The van der Waals surface area contributed by atoms with Crippen LogP contribution in [-0.4, -0.2) is 36.5 Å². The third-order valence-corrected chi connectivity index (χ3v) is 9.44. The van der Waals surface area contributed by atoms with Gasteiger partial charge < -0.3 is 10.1 Å². The summed E-state index contributed by atoms with van der Waals surface area (Å²) in [5, 5.41) is 3.00. The van der Waals surface area contributed by atoms with E-state index < -0.39 is 12.0 Å². The lowest BCUT2D eigenvalue weighted by molar-refractivity contribution is -0.151. The van der Waals surface area contributed by atoms with Crippen molar-refractivity contribution in [1.82, 2.24) is 4.90 Å². The van der Waals surface area contributed by atoms with Crippen LogP contribution in [-0.2, 0) is 21.9 Å². The predicted octanol–water partition coefficient (Wildman–Crippen LogP) is 9.81. The van der Waals surface area contributed by atoms with Crippen molar-refractivity contribution in [2.24, 2.45) is 0 Å². The molecular weight excluding hydrogens is 630 g/mol. The van der Waals surface area contributed by atoms with Crippen LogP contribution >= 0.6 is 0 Å². The molecule has 1 saturated heterocycles. The molecule has 1 aliphatic rings. The minimum absolute atomic E-state index is 0.0716. The molecule has 7 heteroatoms. The average Bonchev–Trinajstić information content (AvgIpc) is 3.15. The molecule has 1 fully saturated rings. The first-order valence-electron chi connectivity index (χ1n) is 17.2. The number of amides is 1. The van der Waals surface area contributed by atoms with Gasteiger partial charge >= 0.3 is 5.97 Å². The van der Waals surface area contributed by atoms with Gasteiger partial charge in [-0.25, -0.2) is 13.6 Å². The number of likely N-dealkylation sites (tertiary alicyclic amines) is 1. The summed E-state index contributed by atoms with van der Waals surface area (Å²) >= 11 is 0. The Hall–Kier alpha value is -5.14. The average molecular weight is 673 g/mol. The Morgan fingerprint density at radius 1 is 0.800 bits per heavy atom. The molecule has 6 rings (SSSR count). The SMILES string of the molecule is CC(F)(F)c1ccc(-c2ccccc2C(=O)Nc2ccc(C3CCN(C(C(=O)OCCCc4ccccc4)c4ccccc4)CC3)cc2)cc1. The minimum Gasteiger partial charge on any atom is -0.464 e. The molecule has 0 aliphatic carbocycles. The lowest BCUT2D eigenvalue weighted by Gasteiger charge is -2.36. The monoisotopic (exact) mass is 672 g/mol. The largest absolute Gasteiger partial charge is 0.464 e. The van der Waals surface area contributed by atoms with Crippen molar-refractivity contribution < 1.29 is 23.1 Å². The van der Waals surface area contributed by atoms with Crippen LogP contribution in [0.3, 0.4) is 0 Å². The molecule has 0 spiro atoms. The lowest BCUT2D eigenvalue weighted by Crippen LogP contribution is -2.40. The molecular formula is C43H42F2N2O3. The number of halogens is 2. The van der Waals surface area contributed by atoms with E-state index in [4.69, 9.17) is 4.74 Å². The Bertz CT molecular complexity index is 1850. The molecule has 1 heterocycles. The maximum Gasteiger partial charge on any atom is 0.328 e. The van der Waals surface area contributed by atoms with Crippen molar-refractivity contribution in [2.45, 2.75) is 50.5 Å². The highest BCUT2D eigenvalue weighted by molar-refractivity contribution is 6.08. The van der Waals surface area contributed by atoms with Gasteiger partial charge in [0.15, 0.2) is 0 Å². The number of carbonyl (C=O) groups excluding carboxylic acids is 2. The molecule has 0 aromatic heterocycles. The van der Waals surface area contributed by atoms with Crippen molar-refractivity contribution in [3.8, 4) is 11.1 Å². The number of nitrogens with one attached hydrogen (secondary N) is 1. The molecule has 50 heavy (non-hydrogen) atoms. The zero-order valence-electron chi connectivity index (χ0n) is 28.2. The molecule has 1 atom stereocenters. The van der Waals surface area contributed by atoms with Crippen LogP contribution in [0.1, 0.15) is 70.8 Å². The molecule has 5 nitrogen and oxygen atoms in total. The second-order valence-electron chi connectivity index (χ2n) is 13.0. The zero-order valence-corrected chi connectivity index (χ0v) is 28.2. The van der Waals surface area contributed by atoms with Crippen molar-refractivity contribution >= 4 is 17.6 Å². The molecule has 1 N–H and O–H groups in total. The van der Waals surface area contributed by atoms with Gasteiger partial charge in [0.05, 0.1) is 6.61 Å². The van der Waals surface area contributed by atoms with Crippen LogP contribution in [0.5, 0.6) is 0 Å². The smallest absolute Gasteiger partial charge is 0.328 e. The highest BCUT2D eigenvalue weighted by atomic mass is 19.3. The first kappa shape index (κ1) is 34.7. The number of rotatable bonds is 12. The Balaban J connectivity index is 1.05. The number of carbonyl (C=O) groups is 2. The van der Waals surface area contributed by atoms with Gasteiger partial charge in [0.2, 0.25) is 0 Å². The van der Waals surface area contributed by atoms with Crippen molar-refractivity contribution in [1.29, 1.82) is 0 Å². The topological polar surface area (TPSA) is 58.6 Å². The third kappa shape index (κ3) is 8.71. The van der Waals surface area contributed by atoms with E-state index in [0.29, 0.717) is 34.9 Å². The molecule has 0 radical (unpaired) electrons. The number of hydrogen-bond acceptors (Lipinski definition) is 4. The maximum atomic E-state index is 13.7. The third-order valence-electron chi connectivity index (χ3n) is 9.44. The highest BCUT2D eigenvalue weighted by Crippen LogP contribution is 2.34. The molecule has 5 aromatic carbocycles. The second kappa shape index (κ2) is 16.0. The number of hydrogen-bond donors (Lipinski definition) is 1. The summed E-state index contributed by atoms with van der Waals surface area (Å²) in [6.07, 6.45) is 3.43. The van der Waals surface area contributed by atoms with Gasteiger partial charge in [-0.05, 0) is 90.7 Å². The lowest BCUT2D eigenvalue weighted by atomic mass is 9.88. The second-order valence-corrected chi connectivity index (χ2v) is 13.0. The Kier molecular flexibility index (Phi) is 11.1. The summed E-state index contributed by atoms with van der Waals surface area (Å²) in [4.78, 5) is 29.1. The number of alkyl halides is 2. The van der Waals surface area contributed by atoms with E-state index in [0.717, 1.165) is 51.3 Å². The molecule has 1 aliphatic heterocycles. The first-order valence-corrected chi connectivity index (χ1v) is 17.2. The van der Waals surface area contributed by atoms with E-state index in [2.05, 4.69) is 34.5 Å². The summed E-state index contributed by atoms with van der Waals surface area (Å²) < 4.78 is 33.3. The predicted molar refractivity (Wildman–Crippen MR) is 194 cm³/mol. The normalized spacial score (nSPS) is 14.5. The van der Waals surface area contributed by atoms with E-state index in [1.807, 2.05) is 72.8 Å². The fraction of sp³-hybridized carbons (Fsp3) is 0.256. The van der Waals surface area contributed by atoms with Crippen molar-refractivity contribution in [3.63, 3.8) is 0 Å². The van der Waals surface area contributed by atoms with Crippen LogP contribution in [0.15, 0.2) is 133 Å². The number of piperidine rings is 1. The molecule has 1 amide bonds. The molecule has 5 aromatic rings.